The van der Waals surface area contributed by atoms with Crippen LogP contribution in [0.5, 0.6) is 0 Å². The van der Waals surface area contributed by atoms with Gasteiger partial charge < -0.3 is 10.1 Å². The lowest BCUT2D eigenvalue weighted by atomic mass is 10.1. The maximum Gasteiger partial charge on any atom is 0.248 e. The Bertz CT molecular complexity index is 327. The third-order valence-corrected chi connectivity index (χ3v) is 2.45. The molecule has 0 unspecified atom stereocenters. The Morgan fingerprint density at radius 1 is 1.20 bits per heavy atom. The largest absolute Gasteiger partial charge is 0.363 e. The minimum Gasteiger partial charge on any atom is -0.363 e. The van der Waals surface area contributed by atoms with E-state index in [0.717, 1.165) is 0 Å². The third-order valence-electron chi connectivity index (χ3n) is 2.45. The number of hydrogen-bond acceptors (Lipinski definition) is 4. The van der Waals surface area contributed by atoms with Crippen molar-refractivity contribution in [3.8, 4) is 0 Å². The first-order valence-corrected chi connectivity index (χ1v) is 6.89. The van der Waals surface area contributed by atoms with Crippen LogP contribution in [0.1, 0.15) is 41.5 Å². The second-order valence-corrected chi connectivity index (χ2v) is 6.03. The first-order valence-electron chi connectivity index (χ1n) is 6.89. The SMILES string of the molecule is CC(C)NC(=O)COC(C)(C)CON(C)C(=O)C(C)C. The van der Waals surface area contributed by atoms with E-state index in [9.17, 15) is 9.59 Å². The average molecular weight is 288 g/mol. The summed E-state index contributed by atoms with van der Waals surface area (Å²) in [6.07, 6.45) is 0. The fraction of sp³-hybridized carbons (Fsp3) is 0.857. The zero-order chi connectivity index (χ0) is 15.9. The van der Waals surface area contributed by atoms with Crippen molar-refractivity contribution in [3.05, 3.63) is 0 Å². The van der Waals surface area contributed by atoms with Crippen molar-refractivity contribution in [1.82, 2.24) is 10.4 Å². The molecule has 0 saturated carbocycles. The van der Waals surface area contributed by atoms with Gasteiger partial charge in [-0.1, -0.05) is 13.8 Å². The van der Waals surface area contributed by atoms with Crippen LogP contribution in [0.4, 0.5) is 0 Å². The Kier molecular flexibility index (Phi) is 7.75. The maximum atomic E-state index is 11.6. The molecule has 6 nitrogen and oxygen atoms in total. The highest BCUT2D eigenvalue weighted by Gasteiger charge is 2.23. The molecular formula is C14H28N2O4. The second kappa shape index (κ2) is 8.21. The van der Waals surface area contributed by atoms with Crippen LogP contribution in [0.2, 0.25) is 0 Å². The van der Waals surface area contributed by atoms with E-state index >= 15 is 0 Å². The van der Waals surface area contributed by atoms with Gasteiger partial charge in [0, 0.05) is 19.0 Å². The van der Waals surface area contributed by atoms with Gasteiger partial charge in [-0.15, -0.1) is 0 Å². The van der Waals surface area contributed by atoms with Crippen LogP contribution in [0.15, 0.2) is 0 Å². The standard InChI is InChI=1S/C14H28N2O4/c1-10(2)13(18)16(7)20-9-14(5,6)19-8-12(17)15-11(3)4/h10-11H,8-9H2,1-7H3,(H,15,17). The number of nitrogens with zero attached hydrogens (tertiary/aromatic N) is 1. The van der Waals surface area contributed by atoms with E-state index in [0.29, 0.717) is 0 Å². The number of hydrogen-bond donors (Lipinski definition) is 1. The minimum atomic E-state index is -0.653. The molecule has 0 fully saturated rings. The molecular weight excluding hydrogens is 260 g/mol. The van der Waals surface area contributed by atoms with E-state index in [1.54, 1.807) is 20.9 Å². The maximum absolute atomic E-state index is 11.6. The molecule has 0 aliphatic rings. The van der Waals surface area contributed by atoms with Crippen molar-refractivity contribution >= 4 is 11.8 Å². The molecule has 20 heavy (non-hydrogen) atoms. The van der Waals surface area contributed by atoms with Gasteiger partial charge in [-0.2, -0.15) is 0 Å². The molecule has 0 rings (SSSR count). The summed E-state index contributed by atoms with van der Waals surface area (Å²) in [4.78, 5) is 28.5. The molecule has 0 bridgehead atoms. The lowest BCUT2D eigenvalue weighted by molar-refractivity contribution is -0.203. The molecule has 0 spiro atoms. The summed E-state index contributed by atoms with van der Waals surface area (Å²) in [5, 5.41) is 3.96. The van der Waals surface area contributed by atoms with Gasteiger partial charge >= 0.3 is 0 Å². The van der Waals surface area contributed by atoms with Gasteiger partial charge in [-0.3, -0.25) is 14.4 Å². The predicted octanol–water partition coefficient (Wildman–Crippen LogP) is 1.35. The van der Waals surface area contributed by atoms with Crippen LogP contribution in [0, 0.1) is 5.92 Å². The average Bonchev–Trinajstić information content (AvgIpc) is 2.32. The second-order valence-electron chi connectivity index (χ2n) is 6.03. The first-order chi connectivity index (χ1) is 9.05. The van der Waals surface area contributed by atoms with Crippen molar-refractivity contribution in [2.24, 2.45) is 5.92 Å². The van der Waals surface area contributed by atoms with E-state index < -0.39 is 5.60 Å². The summed E-state index contributed by atoms with van der Waals surface area (Å²) in [7, 11) is 1.57. The van der Waals surface area contributed by atoms with Crippen LogP contribution in [0.25, 0.3) is 0 Å². The zero-order valence-electron chi connectivity index (χ0n) is 13.6. The molecule has 1 N–H and O–H groups in total. The van der Waals surface area contributed by atoms with Gasteiger partial charge in [-0.25, -0.2) is 5.06 Å². The Morgan fingerprint density at radius 2 is 1.75 bits per heavy atom. The minimum absolute atomic E-state index is 0.0314. The van der Waals surface area contributed by atoms with Crippen molar-refractivity contribution in [3.63, 3.8) is 0 Å². The monoisotopic (exact) mass is 288 g/mol. The fourth-order valence-electron chi connectivity index (χ4n) is 1.35. The highest BCUT2D eigenvalue weighted by molar-refractivity contribution is 5.77. The summed E-state index contributed by atoms with van der Waals surface area (Å²) in [6, 6.07) is 0.0836. The predicted molar refractivity (Wildman–Crippen MR) is 76.9 cm³/mol. The highest BCUT2D eigenvalue weighted by atomic mass is 16.7. The van der Waals surface area contributed by atoms with Gasteiger partial charge in [0.05, 0.1) is 5.60 Å². The molecule has 118 valence electrons. The summed E-state index contributed by atoms with van der Waals surface area (Å²) >= 11 is 0. The molecule has 0 aliphatic carbocycles. The molecule has 0 saturated heterocycles. The number of carbonyl (C=O) groups is 2. The van der Waals surface area contributed by atoms with Crippen molar-refractivity contribution in [1.29, 1.82) is 0 Å². The first kappa shape index (κ1) is 18.9. The number of nitrogens with one attached hydrogen (secondary N) is 1. The Hall–Kier alpha value is -1.14. The van der Waals surface area contributed by atoms with E-state index in [-0.39, 0.29) is 37.0 Å². The lowest BCUT2D eigenvalue weighted by Gasteiger charge is -2.28. The quantitative estimate of drug-likeness (QED) is 0.685. The number of carbonyl (C=O) groups excluding carboxylic acids is 2. The van der Waals surface area contributed by atoms with E-state index in [1.807, 2.05) is 27.7 Å². The molecule has 0 aromatic carbocycles. The summed E-state index contributed by atoms with van der Waals surface area (Å²) in [6.45, 7) is 11.2. The van der Waals surface area contributed by atoms with Crippen molar-refractivity contribution in [2.45, 2.75) is 53.2 Å². The Balaban J connectivity index is 4.13. The summed E-state index contributed by atoms with van der Waals surface area (Å²) in [5.74, 6) is -0.390. The number of ether oxygens (including phenoxy) is 1. The lowest BCUT2D eigenvalue weighted by Crippen LogP contribution is -2.41. The summed E-state index contributed by atoms with van der Waals surface area (Å²) in [5.41, 5.74) is -0.653. The number of hydroxylamine groups is 2. The number of rotatable bonds is 8. The molecule has 0 aromatic rings. The molecule has 6 heteroatoms. The molecule has 0 aliphatic heterocycles. The van der Waals surface area contributed by atoms with Gasteiger partial charge in [-0.05, 0) is 27.7 Å². The Labute approximate surface area is 121 Å². The van der Waals surface area contributed by atoms with Gasteiger partial charge in [0.15, 0.2) is 0 Å². The molecule has 0 atom stereocenters. The third kappa shape index (κ3) is 8.12. The van der Waals surface area contributed by atoms with E-state index in [2.05, 4.69) is 5.32 Å². The van der Waals surface area contributed by atoms with Crippen LogP contribution >= 0.6 is 0 Å². The van der Waals surface area contributed by atoms with Crippen LogP contribution in [-0.4, -0.2) is 48.8 Å². The highest BCUT2D eigenvalue weighted by Crippen LogP contribution is 2.11. The molecule has 2 amide bonds. The normalized spacial score (nSPS) is 11.8. The van der Waals surface area contributed by atoms with Crippen LogP contribution in [0.3, 0.4) is 0 Å². The number of amides is 2. The topological polar surface area (TPSA) is 67.9 Å². The molecule has 0 heterocycles. The van der Waals surface area contributed by atoms with Crippen molar-refractivity contribution < 1.29 is 19.2 Å². The molecule has 0 radical (unpaired) electrons. The zero-order valence-corrected chi connectivity index (χ0v) is 13.6. The van der Waals surface area contributed by atoms with Crippen LogP contribution in [-0.2, 0) is 19.2 Å². The van der Waals surface area contributed by atoms with E-state index in [1.165, 1.54) is 5.06 Å². The summed E-state index contributed by atoms with van der Waals surface area (Å²) < 4.78 is 5.51. The van der Waals surface area contributed by atoms with Gasteiger partial charge in [0.1, 0.15) is 13.2 Å². The Morgan fingerprint density at radius 3 is 2.20 bits per heavy atom. The van der Waals surface area contributed by atoms with Gasteiger partial charge in [0.2, 0.25) is 11.8 Å². The van der Waals surface area contributed by atoms with Crippen molar-refractivity contribution in [2.75, 3.05) is 20.3 Å². The smallest absolute Gasteiger partial charge is 0.248 e. The fourth-order valence-corrected chi connectivity index (χ4v) is 1.35. The van der Waals surface area contributed by atoms with Crippen LogP contribution < -0.4 is 5.32 Å². The molecule has 0 aromatic heterocycles. The van der Waals surface area contributed by atoms with E-state index in [4.69, 9.17) is 9.57 Å². The van der Waals surface area contributed by atoms with Gasteiger partial charge in [0.25, 0.3) is 0 Å².